The SMILES string of the molecule is CCCOc1ccc(N2C(=O)C[C@@H]([NH2+]C(C)C)C2=O)cc1. The molecule has 2 amide bonds. The Balaban J connectivity index is 2.10. The van der Waals surface area contributed by atoms with Gasteiger partial charge in [-0.15, -0.1) is 0 Å². The van der Waals surface area contributed by atoms with E-state index in [2.05, 4.69) is 0 Å². The predicted molar refractivity (Wildman–Crippen MR) is 80.2 cm³/mol. The van der Waals surface area contributed by atoms with E-state index in [4.69, 9.17) is 4.74 Å². The van der Waals surface area contributed by atoms with Crippen molar-refractivity contribution in [2.45, 2.75) is 45.7 Å². The Morgan fingerprint density at radius 3 is 2.52 bits per heavy atom. The molecule has 0 spiro atoms. The summed E-state index contributed by atoms with van der Waals surface area (Å²) in [5, 5.41) is 1.94. The van der Waals surface area contributed by atoms with Gasteiger partial charge in [0.25, 0.3) is 5.91 Å². The minimum atomic E-state index is -0.298. The van der Waals surface area contributed by atoms with Gasteiger partial charge in [-0.2, -0.15) is 0 Å². The molecule has 0 radical (unpaired) electrons. The average Bonchev–Trinajstić information content (AvgIpc) is 2.71. The third-order valence-electron chi connectivity index (χ3n) is 3.37. The van der Waals surface area contributed by atoms with E-state index in [1.165, 1.54) is 4.90 Å². The molecule has 1 saturated heterocycles. The second-order valence-corrected chi connectivity index (χ2v) is 5.66. The van der Waals surface area contributed by atoms with Gasteiger partial charge < -0.3 is 10.1 Å². The molecule has 1 aliphatic heterocycles. The minimum Gasteiger partial charge on any atom is -0.494 e. The summed E-state index contributed by atoms with van der Waals surface area (Å²) in [5.74, 6) is 0.491. The van der Waals surface area contributed by atoms with E-state index >= 15 is 0 Å². The van der Waals surface area contributed by atoms with E-state index in [9.17, 15) is 9.59 Å². The number of nitrogens with two attached hydrogens (primary N) is 1. The van der Waals surface area contributed by atoms with Crippen LogP contribution in [0.2, 0.25) is 0 Å². The molecule has 1 fully saturated rings. The average molecular weight is 291 g/mol. The van der Waals surface area contributed by atoms with E-state index < -0.39 is 0 Å². The fraction of sp³-hybridized carbons (Fsp3) is 0.500. The smallest absolute Gasteiger partial charge is 0.292 e. The number of amides is 2. The maximum Gasteiger partial charge on any atom is 0.292 e. The molecule has 5 heteroatoms. The van der Waals surface area contributed by atoms with Crippen LogP contribution >= 0.6 is 0 Å². The van der Waals surface area contributed by atoms with E-state index in [1.54, 1.807) is 24.3 Å². The van der Waals surface area contributed by atoms with Crippen LogP contribution in [0.15, 0.2) is 24.3 Å². The van der Waals surface area contributed by atoms with Crippen molar-refractivity contribution in [1.29, 1.82) is 0 Å². The van der Waals surface area contributed by atoms with Crippen LogP contribution in [0.1, 0.15) is 33.6 Å². The van der Waals surface area contributed by atoms with Crippen molar-refractivity contribution in [2.75, 3.05) is 11.5 Å². The zero-order valence-electron chi connectivity index (χ0n) is 12.8. The number of hydrogen-bond acceptors (Lipinski definition) is 3. The second-order valence-electron chi connectivity index (χ2n) is 5.66. The molecule has 1 heterocycles. The largest absolute Gasteiger partial charge is 0.494 e. The van der Waals surface area contributed by atoms with Crippen molar-refractivity contribution < 1.29 is 19.6 Å². The first-order chi connectivity index (χ1) is 10.0. The molecule has 2 N–H and O–H groups in total. The van der Waals surface area contributed by atoms with Gasteiger partial charge in [0, 0.05) is 0 Å². The van der Waals surface area contributed by atoms with Crippen LogP contribution in [0.3, 0.4) is 0 Å². The number of hydrogen-bond donors (Lipinski definition) is 1. The minimum absolute atomic E-state index is 0.129. The highest BCUT2D eigenvalue weighted by atomic mass is 16.5. The van der Waals surface area contributed by atoms with Crippen LogP contribution in [0.25, 0.3) is 0 Å². The predicted octanol–water partition coefficient (Wildman–Crippen LogP) is 1.08. The van der Waals surface area contributed by atoms with Crippen LogP contribution in [0.5, 0.6) is 5.75 Å². The van der Waals surface area contributed by atoms with Gasteiger partial charge in [0.05, 0.1) is 24.8 Å². The van der Waals surface area contributed by atoms with Gasteiger partial charge in [-0.3, -0.25) is 9.59 Å². The monoisotopic (exact) mass is 291 g/mol. The van der Waals surface area contributed by atoms with Gasteiger partial charge in [-0.05, 0) is 44.5 Å². The number of carbonyl (C=O) groups excluding carboxylic acids is 2. The molecular formula is C16H23N2O3+. The quantitative estimate of drug-likeness (QED) is 0.798. The van der Waals surface area contributed by atoms with Crippen LogP contribution in [-0.2, 0) is 9.59 Å². The normalized spacial score (nSPS) is 18.7. The first kappa shape index (κ1) is 15.5. The molecule has 2 rings (SSSR count). The molecule has 0 bridgehead atoms. The molecule has 5 nitrogen and oxygen atoms in total. The van der Waals surface area contributed by atoms with E-state index in [-0.39, 0.29) is 30.3 Å². The summed E-state index contributed by atoms with van der Waals surface area (Å²) in [6, 6.07) is 7.11. The summed E-state index contributed by atoms with van der Waals surface area (Å²) in [6.45, 7) is 6.73. The highest BCUT2D eigenvalue weighted by Gasteiger charge is 2.42. The Morgan fingerprint density at radius 2 is 1.95 bits per heavy atom. The third-order valence-corrected chi connectivity index (χ3v) is 3.37. The zero-order chi connectivity index (χ0) is 15.4. The van der Waals surface area contributed by atoms with Crippen molar-refractivity contribution in [2.24, 2.45) is 0 Å². The fourth-order valence-electron chi connectivity index (χ4n) is 2.45. The summed E-state index contributed by atoms with van der Waals surface area (Å²) in [7, 11) is 0. The molecule has 1 atom stereocenters. The summed E-state index contributed by atoms with van der Waals surface area (Å²) >= 11 is 0. The lowest BCUT2D eigenvalue weighted by Gasteiger charge is -2.15. The Morgan fingerprint density at radius 1 is 1.29 bits per heavy atom. The van der Waals surface area contributed by atoms with Crippen molar-refractivity contribution in [3.8, 4) is 5.75 Å². The molecule has 21 heavy (non-hydrogen) atoms. The number of nitrogens with zero attached hydrogens (tertiary/aromatic N) is 1. The fourth-order valence-corrected chi connectivity index (χ4v) is 2.45. The molecule has 1 aliphatic rings. The first-order valence-electron chi connectivity index (χ1n) is 7.47. The molecular weight excluding hydrogens is 268 g/mol. The Labute approximate surface area is 125 Å². The summed E-state index contributed by atoms with van der Waals surface area (Å²) in [5.41, 5.74) is 0.619. The molecule has 0 unspecified atom stereocenters. The second kappa shape index (κ2) is 6.72. The van der Waals surface area contributed by atoms with Gasteiger partial charge in [-0.25, -0.2) is 4.90 Å². The van der Waals surface area contributed by atoms with Crippen LogP contribution in [0, 0.1) is 0 Å². The van der Waals surface area contributed by atoms with Crippen LogP contribution < -0.4 is 15.0 Å². The molecule has 1 aromatic carbocycles. The van der Waals surface area contributed by atoms with Gasteiger partial charge in [0.15, 0.2) is 6.04 Å². The topological polar surface area (TPSA) is 63.2 Å². The number of imide groups is 1. The number of anilines is 1. The summed E-state index contributed by atoms with van der Waals surface area (Å²) in [6.07, 6.45) is 1.21. The van der Waals surface area contributed by atoms with Crippen molar-refractivity contribution in [3.63, 3.8) is 0 Å². The van der Waals surface area contributed by atoms with Crippen molar-refractivity contribution in [3.05, 3.63) is 24.3 Å². The zero-order valence-corrected chi connectivity index (χ0v) is 12.8. The highest BCUT2D eigenvalue weighted by Crippen LogP contribution is 2.24. The van der Waals surface area contributed by atoms with Gasteiger partial charge in [0.2, 0.25) is 5.91 Å². The maximum atomic E-state index is 12.4. The van der Waals surface area contributed by atoms with E-state index in [1.807, 2.05) is 26.1 Å². The number of rotatable bonds is 6. The molecule has 0 saturated carbocycles. The standard InChI is InChI=1S/C16H22N2O3/c1-4-9-21-13-7-5-12(6-8-13)18-15(19)10-14(16(18)20)17-11(2)3/h5-8,11,14,17H,4,9-10H2,1-3H3/p+1/t14-/m1/s1. The van der Waals surface area contributed by atoms with Crippen LogP contribution in [-0.4, -0.2) is 30.5 Å². The van der Waals surface area contributed by atoms with E-state index in [0.29, 0.717) is 12.3 Å². The Kier molecular flexibility index (Phi) is 4.96. The van der Waals surface area contributed by atoms with Crippen LogP contribution in [0.4, 0.5) is 5.69 Å². The Hall–Kier alpha value is -1.88. The van der Waals surface area contributed by atoms with E-state index in [0.717, 1.165) is 12.2 Å². The number of benzene rings is 1. The maximum absolute atomic E-state index is 12.4. The van der Waals surface area contributed by atoms with Crippen molar-refractivity contribution in [1.82, 2.24) is 0 Å². The highest BCUT2D eigenvalue weighted by molar-refractivity contribution is 6.21. The number of ether oxygens (including phenoxy) is 1. The lowest BCUT2D eigenvalue weighted by atomic mass is 10.2. The molecule has 0 aliphatic carbocycles. The number of quaternary nitrogens is 1. The summed E-state index contributed by atoms with van der Waals surface area (Å²) < 4.78 is 5.51. The van der Waals surface area contributed by atoms with Gasteiger partial charge >= 0.3 is 0 Å². The molecule has 1 aromatic rings. The molecule has 114 valence electrons. The lowest BCUT2D eigenvalue weighted by molar-refractivity contribution is -0.701. The van der Waals surface area contributed by atoms with Gasteiger partial charge in [0.1, 0.15) is 5.75 Å². The number of carbonyl (C=O) groups is 2. The summed E-state index contributed by atoms with van der Waals surface area (Å²) in [4.78, 5) is 25.7. The third kappa shape index (κ3) is 3.61. The lowest BCUT2D eigenvalue weighted by Crippen LogP contribution is -2.95. The van der Waals surface area contributed by atoms with Crippen molar-refractivity contribution >= 4 is 17.5 Å². The Bertz CT molecular complexity index is 511. The molecule has 0 aromatic heterocycles. The first-order valence-corrected chi connectivity index (χ1v) is 7.47. The van der Waals surface area contributed by atoms with Gasteiger partial charge in [-0.1, -0.05) is 6.92 Å².